The summed E-state index contributed by atoms with van der Waals surface area (Å²) in [5.74, 6) is 0. The van der Waals surface area contributed by atoms with Gasteiger partial charge >= 0.3 is 13.5 Å². The van der Waals surface area contributed by atoms with E-state index in [1.165, 1.54) is 19.6 Å². The fourth-order valence-electron chi connectivity index (χ4n) is 2.59. The van der Waals surface area contributed by atoms with E-state index in [-0.39, 0.29) is 4.47 Å². The maximum absolute atomic E-state index is 11.7. The molecule has 2 heterocycles. The van der Waals surface area contributed by atoms with Crippen LogP contribution in [0.4, 0.5) is 0 Å². The Morgan fingerprint density at radius 1 is 1.21 bits per heavy atom. The Balaban J connectivity index is 0.000000516. The van der Waals surface area contributed by atoms with Gasteiger partial charge in [0.2, 0.25) is 0 Å². The summed E-state index contributed by atoms with van der Waals surface area (Å²) >= 11 is 2.90. The lowest BCUT2D eigenvalue weighted by atomic mass is 10.1. The smallest absolute Gasteiger partial charge is 0.387 e. The SMILES string of the molecule is CCN(CC)CC.O=c1[nH]c(=O)n([C@@H]2O[C@H](COP(=O)(O)O)[C@@H](O)[C@H]2O)cc1Br. The molecule has 14 heteroatoms. The van der Waals surface area contributed by atoms with Gasteiger partial charge in [-0.3, -0.25) is 18.9 Å². The van der Waals surface area contributed by atoms with E-state index in [4.69, 9.17) is 14.5 Å². The van der Waals surface area contributed by atoms with Gasteiger partial charge in [0.15, 0.2) is 6.23 Å². The second-order valence-electron chi connectivity index (χ2n) is 6.10. The van der Waals surface area contributed by atoms with E-state index in [1.807, 2.05) is 4.98 Å². The lowest BCUT2D eigenvalue weighted by Crippen LogP contribution is -2.38. The van der Waals surface area contributed by atoms with Crippen LogP contribution in [0.2, 0.25) is 0 Å². The molecule has 1 fully saturated rings. The first-order valence-corrected chi connectivity index (χ1v) is 11.2. The minimum Gasteiger partial charge on any atom is -0.387 e. The summed E-state index contributed by atoms with van der Waals surface area (Å²) in [5, 5.41) is 19.7. The number of aliphatic hydroxyl groups is 2. The van der Waals surface area contributed by atoms with Gasteiger partial charge in [-0.2, -0.15) is 0 Å². The highest BCUT2D eigenvalue weighted by Gasteiger charge is 2.45. The zero-order valence-corrected chi connectivity index (χ0v) is 18.7. The van der Waals surface area contributed by atoms with Gasteiger partial charge in [-0.1, -0.05) is 20.8 Å². The number of nitrogens with one attached hydrogen (secondary N) is 1. The third kappa shape index (κ3) is 7.70. The maximum Gasteiger partial charge on any atom is 0.469 e. The first-order chi connectivity index (χ1) is 13.4. The largest absolute Gasteiger partial charge is 0.469 e. The third-order valence-electron chi connectivity index (χ3n) is 4.28. The Morgan fingerprint density at radius 3 is 2.21 bits per heavy atom. The van der Waals surface area contributed by atoms with Crippen molar-refractivity contribution in [3.63, 3.8) is 0 Å². The van der Waals surface area contributed by atoms with Crippen molar-refractivity contribution in [3.8, 4) is 0 Å². The second-order valence-corrected chi connectivity index (χ2v) is 8.19. The molecule has 0 unspecified atom stereocenters. The number of hydrogen-bond acceptors (Lipinski definition) is 8. The number of nitrogens with zero attached hydrogens (tertiary/aromatic N) is 2. The number of aromatic amines is 1. The number of aromatic nitrogens is 2. The molecule has 0 aromatic carbocycles. The van der Waals surface area contributed by atoms with Crippen LogP contribution in [-0.2, 0) is 13.8 Å². The van der Waals surface area contributed by atoms with Crippen LogP contribution in [0.1, 0.15) is 27.0 Å². The topological polar surface area (TPSA) is 175 Å². The van der Waals surface area contributed by atoms with Crippen LogP contribution in [-0.4, -0.2) is 79.0 Å². The first-order valence-electron chi connectivity index (χ1n) is 8.90. The van der Waals surface area contributed by atoms with Gasteiger partial charge in [-0.05, 0) is 35.6 Å². The molecule has 1 aliphatic rings. The average Bonchev–Trinajstić information content (AvgIpc) is 2.93. The fraction of sp³-hybridized carbons (Fsp3) is 0.733. The highest BCUT2D eigenvalue weighted by atomic mass is 79.9. The maximum atomic E-state index is 11.7. The van der Waals surface area contributed by atoms with E-state index in [2.05, 4.69) is 46.1 Å². The van der Waals surface area contributed by atoms with E-state index >= 15 is 0 Å². The normalized spacial score (nSPS) is 24.4. The Hall–Kier alpha value is -0.890. The van der Waals surface area contributed by atoms with Crippen LogP contribution in [0.15, 0.2) is 20.3 Å². The second kappa shape index (κ2) is 11.5. The number of H-pyrrole nitrogens is 1. The van der Waals surface area contributed by atoms with Gasteiger partial charge in [0.25, 0.3) is 5.56 Å². The Kier molecular flexibility index (Phi) is 10.4. The molecule has 1 aromatic rings. The van der Waals surface area contributed by atoms with Crippen molar-refractivity contribution in [2.24, 2.45) is 0 Å². The molecule has 0 bridgehead atoms. The molecule has 168 valence electrons. The quantitative estimate of drug-likeness (QED) is 0.301. The Bertz CT molecular complexity index is 801. The minimum atomic E-state index is -4.78. The monoisotopic (exact) mass is 503 g/mol. The number of aliphatic hydroxyl groups excluding tert-OH is 2. The molecule has 0 radical (unpaired) electrons. The van der Waals surface area contributed by atoms with Crippen molar-refractivity contribution in [1.82, 2.24) is 14.5 Å². The summed E-state index contributed by atoms with van der Waals surface area (Å²) in [6, 6.07) is 0. The highest BCUT2D eigenvalue weighted by molar-refractivity contribution is 9.10. The molecule has 0 spiro atoms. The van der Waals surface area contributed by atoms with Crippen molar-refractivity contribution in [3.05, 3.63) is 31.5 Å². The molecule has 5 N–H and O–H groups in total. The third-order valence-corrected chi connectivity index (χ3v) is 5.33. The number of phosphoric acid groups is 1. The van der Waals surface area contributed by atoms with Crippen LogP contribution in [0.25, 0.3) is 0 Å². The molecule has 0 aliphatic carbocycles. The Labute approximate surface area is 175 Å². The molecule has 2 rings (SSSR count). The van der Waals surface area contributed by atoms with Crippen LogP contribution < -0.4 is 11.2 Å². The van der Waals surface area contributed by atoms with Gasteiger partial charge in [0, 0.05) is 6.20 Å². The molecular weight excluding hydrogens is 477 g/mol. The van der Waals surface area contributed by atoms with Crippen LogP contribution >= 0.6 is 23.8 Å². The van der Waals surface area contributed by atoms with Gasteiger partial charge < -0.3 is 29.6 Å². The molecule has 4 atom stereocenters. The number of phosphoric ester groups is 1. The predicted molar refractivity (Wildman–Crippen MR) is 106 cm³/mol. The van der Waals surface area contributed by atoms with E-state index in [0.717, 1.165) is 10.8 Å². The average molecular weight is 504 g/mol. The van der Waals surface area contributed by atoms with Gasteiger partial charge in [0.1, 0.15) is 18.3 Å². The Morgan fingerprint density at radius 2 is 1.76 bits per heavy atom. The molecule has 0 amide bonds. The van der Waals surface area contributed by atoms with Crippen LogP contribution in [0.5, 0.6) is 0 Å². The zero-order chi connectivity index (χ0) is 22.4. The van der Waals surface area contributed by atoms with Crippen LogP contribution in [0, 0.1) is 0 Å². The van der Waals surface area contributed by atoms with Crippen molar-refractivity contribution in [2.45, 2.75) is 45.3 Å². The predicted octanol–water partition coefficient (Wildman–Crippen LogP) is -0.624. The summed E-state index contributed by atoms with van der Waals surface area (Å²) < 4.78 is 20.9. The molecule has 1 aromatic heterocycles. The molecule has 1 saturated heterocycles. The first kappa shape index (κ1) is 26.1. The van der Waals surface area contributed by atoms with E-state index in [1.54, 1.807) is 0 Å². The highest BCUT2D eigenvalue weighted by Crippen LogP contribution is 2.38. The van der Waals surface area contributed by atoms with Gasteiger partial charge in [-0.15, -0.1) is 0 Å². The summed E-state index contributed by atoms with van der Waals surface area (Å²) in [6.45, 7) is 9.43. The molecule has 1 aliphatic heterocycles. The minimum absolute atomic E-state index is 0.00712. The van der Waals surface area contributed by atoms with Crippen molar-refractivity contribution < 1.29 is 33.8 Å². The standard InChI is InChI=1S/C9H12BrN2O9P.C6H15N/c10-3-1-12(9(16)11-7(3)15)8-6(14)5(13)4(21-8)2-20-22(17,18)19;1-4-7(5-2)6-3/h1,4-6,8,13-14H,2H2,(H,11,15,16)(H2,17,18,19);4-6H2,1-3H3/t4-,5-,6-,8-;/m1./s1. The summed E-state index contributed by atoms with van der Waals surface area (Å²) in [4.78, 5) is 44.5. The van der Waals surface area contributed by atoms with Gasteiger partial charge in [0.05, 0.1) is 11.1 Å². The van der Waals surface area contributed by atoms with Crippen molar-refractivity contribution >= 4 is 23.8 Å². The number of halogens is 1. The molecule has 12 nitrogen and oxygen atoms in total. The van der Waals surface area contributed by atoms with Crippen molar-refractivity contribution in [1.29, 1.82) is 0 Å². The number of ether oxygens (including phenoxy) is 1. The lowest BCUT2D eigenvalue weighted by molar-refractivity contribution is -0.0544. The van der Waals surface area contributed by atoms with Gasteiger partial charge in [-0.25, -0.2) is 9.36 Å². The zero-order valence-electron chi connectivity index (χ0n) is 16.3. The molecular formula is C15H27BrN3O9P. The summed E-state index contributed by atoms with van der Waals surface area (Å²) in [6.07, 6.45) is -4.69. The van der Waals surface area contributed by atoms with Crippen LogP contribution in [0.3, 0.4) is 0 Å². The fourth-order valence-corrected chi connectivity index (χ4v) is 3.25. The number of rotatable bonds is 7. The molecule has 0 saturated carbocycles. The van der Waals surface area contributed by atoms with Crippen molar-refractivity contribution in [2.75, 3.05) is 26.2 Å². The number of hydrogen-bond donors (Lipinski definition) is 5. The molecule has 29 heavy (non-hydrogen) atoms. The lowest BCUT2D eigenvalue weighted by Gasteiger charge is -2.17. The summed E-state index contributed by atoms with van der Waals surface area (Å²) in [5.41, 5.74) is -1.57. The summed E-state index contributed by atoms with van der Waals surface area (Å²) in [7, 11) is -4.78. The van der Waals surface area contributed by atoms with E-state index in [9.17, 15) is 24.4 Å². The van der Waals surface area contributed by atoms with E-state index < -0.39 is 50.2 Å². The van der Waals surface area contributed by atoms with E-state index in [0.29, 0.717) is 0 Å².